The maximum Gasteiger partial charge on any atom is 0.180 e. The van der Waals surface area contributed by atoms with Crippen molar-refractivity contribution in [3.63, 3.8) is 0 Å². The molecular weight excluding hydrogens is 246 g/mol. The fourth-order valence-corrected chi connectivity index (χ4v) is 2.81. The molecule has 0 fully saturated rings. The number of thiazole rings is 1. The summed E-state index contributed by atoms with van der Waals surface area (Å²) in [4.78, 5) is 6.52. The third-order valence-corrected chi connectivity index (χ3v) is 3.72. The van der Waals surface area contributed by atoms with Crippen molar-refractivity contribution in [1.82, 2.24) is 4.98 Å². The maximum absolute atomic E-state index is 5.81. The van der Waals surface area contributed by atoms with E-state index in [2.05, 4.69) is 29.9 Å². The Bertz CT molecular complexity index is 581. The van der Waals surface area contributed by atoms with Crippen LogP contribution in [0.5, 0.6) is 5.75 Å². The van der Waals surface area contributed by atoms with Gasteiger partial charge >= 0.3 is 0 Å². The molecule has 0 saturated heterocycles. The molecule has 1 aromatic heterocycles. The van der Waals surface area contributed by atoms with Gasteiger partial charge in [-0.2, -0.15) is 0 Å². The Morgan fingerprint density at radius 3 is 3.06 bits per heavy atom. The van der Waals surface area contributed by atoms with Gasteiger partial charge in [-0.15, -0.1) is 11.3 Å². The fraction of sp³-hybridized carbons (Fsp3) is 0.308. The van der Waals surface area contributed by atoms with E-state index < -0.39 is 0 Å². The van der Waals surface area contributed by atoms with E-state index in [0.29, 0.717) is 5.13 Å². The molecule has 4 nitrogen and oxygen atoms in total. The minimum absolute atomic E-state index is 0.225. The first-order chi connectivity index (χ1) is 8.63. The van der Waals surface area contributed by atoms with Crippen LogP contribution in [0, 0.1) is 0 Å². The fourth-order valence-electron chi connectivity index (χ4n) is 2.23. The summed E-state index contributed by atoms with van der Waals surface area (Å²) < 4.78 is 5.81. The number of likely N-dealkylation sites (N-methyl/N-ethyl adjacent to an activating group) is 1. The quantitative estimate of drug-likeness (QED) is 0.857. The van der Waals surface area contributed by atoms with Gasteiger partial charge in [0.2, 0.25) is 0 Å². The summed E-state index contributed by atoms with van der Waals surface area (Å²) in [6.07, 6.45) is 0.225. The topological polar surface area (TPSA) is 51.4 Å². The monoisotopic (exact) mass is 261 g/mol. The number of aromatic nitrogens is 1. The number of ether oxygens (including phenoxy) is 1. The van der Waals surface area contributed by atoms with Crippen LogP contribution in [0.3, 0.4) is 0 Å². The molecule has 1 atom stereocenters. The number of benzene rings is 1. The lowest BCUT2D eigenvalue weighted by atomic mass is 10.1. The Hall–Kier alpha value is -1.75. The van der Waals surface area contributed by atoms with Crippen molar-refractivity contribution in [3.05, 3.63) is 23.6 Å². The van der Waals surface area contributed by atoms with Crippen LogP contribution in [0.15, 0.2) is 23.6 Å². The maximum atomic E-state index is 5.81. The van der Waals surface area contributed by atoms with Crippen LogP contribution in [-0.4, -0.2) is 24.7 Å². The van der Waals surface area contributed by atoms with E-state index >= 15 is 0 Å². The summed E-state index contributed by atoms with van der Waals surface area (Å²) >= 11 is 1.46. The van der Waals surface area contributed by atoms with Crippen molar-refractivity contribution in [1.29, 1.82) is 0 Å². The molecule has 2 aromatic rings. The van der Waals surface area contributed by atoms with Crippen LogP contribution < -0.4 is 15.4 Å². The molecule has 1 aromatic carbocycles. The molecule has 1 aliphatic rings. The first-order valence-corrected chi connectivity index (χ1v) is 6.74. The summed E-state index contributed by atoms with van der Waals surface area (Å²) in [5.74, 6) is 0.934. The largest absolute Gasteiger partial charge is 0.487 e. The zero-order valence-electron chi connectivity index (χ0n) is 10.4. The molecule has 94 valence electrons. The Balaban J connectivity index is 2.03. The molecule has 2 heterocycles. The van der Waals surface area contributed by atoms with Crippen molar-refractivity contribution in [3.8, 4) is 17.0 Å². The highest BCUT2D eigenvalue weighted by molar-refractivity contribution is 7.13. The van der Waals surface area contributed by atoms with Crippen LogP contribution >= 0.6 is 11.3 Å². The van der Waals surface area contributed by atoms with E-state index in [-0.39, 0.29) is 6.10 Å². The van der Waals surface area contributed by atoms with Crippen LogP contribution in [0.2, 0.25) is 0 Å². The lowest BCUT2D eigenvalue weighted by Crippen LogP contribution is -2.35. The molecule has 3 rings (SSSR count). The number of nitrogens with two attached hydrogens (primary N) is 1. The van der Waals surface area contributed by atoms with E-state index in [1.165, 1.54) is 11.3 Å². The summed E-state index contributed by atoms with van der Waals surface area (Å²) in [6, 6.07) is 6.14. The van der Waals surface area contributed by atoms with Gasteiger partial charge in [0.05, 0.1) is 17.9 Å². The number of nitrogen functional groups attached to an aromatic ring is 1. The number of nitrogens with zero attached hydrogens (tertiary/aromatic N) is 2. The molecule has 5 heteroatoms. The normalized spacial score (nSPS) is 18.3. The van der Waals surface area contributed by atoms with Crippen molar-refractivity contribution >= 4 is 22.2 Å². The molecular formula is C13H15N3OS. The lowest BCUT2D eigenvalue weighted by Gasteiger charge is -2.32. The third kappa shape index (κ3) is 1.90. The third-order valence-electron chi connectivity index (χ3n) is 3.05. The van der Waals surface area contributed by atoms with Gasteiger partial charge in [-0.1, -0.05) is 0 Å². The smallest absolute Gasteiger partial charge is 0.180 e. The second-order valence-electron chi connectivity index (χ2n) is 4.56. The molecule has 18 heavy (non-hydrogen) atoms. The van der Waals surface area contributed by atoms with Crippen molar-refractivity contribution < 1.29 is 4.74 Å². The Morgan fingerprint density at radius 2 is 2.33 bits per heavy atom. The predicted molar refractivity (Wildman–Crippen MR) is 75.3 cm³/mol. The summed E-state index contributed by atoms with van der Waals surface area (Å²) in [7, 11) is 2.08. The molecule has 0 saturated carbocycles. The first kappa shape index (κ1) is 11.3. The first-order valence-electron chi connectivity index (χ1n) is 5.86. The highest BCUT2D eigenvalue weighted by Crippen LogP contribution is 2.36. The Kier molecular flexibility index (Phi) is 2.63. The van der Waals surface area contributed by atoms with Gasteiger partial charge in [-0.25, -0.2) is 4.98 Å². The van der Waals surface area contributed by atoms with Gasteiger partial charge in [0.15, 0.2) is 5.13 Å². The summed E-state index contributed by atoms with van der Waals surface area (Å²) in [6.45, 7) is 2.98. The number of fused-ring (bicyclic) bond motifs is 1. The van der Waals surface area contributed by atoms with Crippen LogP contribution in [0.25, 0.3) is 11.3 Å². The standard InChI is InChI=1S/C13H15N3OS/c1-8-6-16(2)11-5-9(3-4-12(11)17-8)10-7-18-13(14)15-10/h3-5,7-8H,6H2,1-2H3,(H2,14,15). The number of hydrogen-bond donors (Lipinski definition) is 1. The average molecular weight is 261 g/mol. The van der Waals surface area contributed by atoms with E-state index in [1.807, 2.05) is 17.5 Å². The van der Waals surface area contributed by atoms with Crippen molar-refractivity contribution in [2.24, 2.45) is 0 Å². The number of rotatable bonds is 1. The van der Waals surface area contributed by atoms with Crippen LogP contribution in [0.4, 0.5) is 10.8 Å². The molecule has 0 amide bonds. The number of anilines is 2. The van der Waals surface area contributed by atoms with Gasteiger partial charge in [-0.05, 0) is 25.1 Å². The van der Waals surface area contributed by atoms with Gasteiger partial charge in [0.1, 0.15) is 11.9 Å². The Morgan fingerprint density at radius 1 is 1.50 bits per heavy atom. The molecule has 2 N–H and O–H groups in total. The highest BCUT2D eigenvalue weighted by Gasteiger charge is 2.20. The molecule has 1 aliphatic heterocycles. The molecule has 0 spiro atoms. The van der Waals surface area contributed by atoms with E-state index in [4.69, 9.17) is 10.5 Å². The van der Waals surface area contributed by atoms with Crippen molar-refractivity contribution in [2.75, 3.05) is 24.2 Å². The van der Waals surface area contributed by atoms with E-state index in [0.717, 1.165) is 29.2 Å². The average Bonchev–Trinajstić information content (AvgIpc) is 2.75. The highest BCUT2D eigenvalue weighted by atomic mass is 32.1. The van der Waals surface area contributed by atoms with Crippen LogP contribution in [0.1, 0.15) is 6.92 Å². The molecule has 0 radical (unpaired) electrons. The van der Waals surface area contributed by atoms with Gasteiger partial charge in [-0.3, -0.25) is 0 Å². The van der Waals surface area contributed by atoms with E-state index in [9.17, 15) is 0 Å². The molecule has 0 bridgehead atoms. The summed E-state index contributed by atoms with van der Waals surface area (Å²) in [5.41, 5.74) is 8.78. The second kappa shape index (κ2) is 4.17. The predicted octanol–water partition coefficient (Wildman–Crippen LogP) is 2.61. The number of hydrogen-bond acceptors (Lipinski definition) is 5. The van der Waals surface area contributed by atoms with Gasteiger partial charge in [0, 0.05) is 18.0 Å². The van der Waals surface area contributed by atoms with E-state index in [1.54, 1.807) is 0 Å². The summed E-state index contributed by atoms with van der Waals surface area (Å²) in [5, 5.41) is 2.57. The zero-order chi connectivity index (χ0) is 12.7. The Labute approximate surface area is 110 Å². The lowest BCUT2D eigenvalue weighted by molar-refractivity contribution is 0.215. The molecule has 1 unspecified atom stereocenters. The minimum atomic E-state index is 0.225. The zero-order valence-corrected chi connectivity index (χ0v) is 11.2. The second-order valence-corrected chi connectivity index (χ2v) is 5.45. The van der Waals surface area contributed by atoms with Crippen molar-refractivity contribution in [2.45, 2.75) is 13.0 Å². The minimum Gasteiger partial charge on any atom is -0.487 e. The SMILES string of the molecule is CC1CN(C)c2cc(-c3csc(N)n3)ccc2O1. The van der Waals surface area contributed by atoms with Crippen LogP contribution in [-0.2, 0) is 0 Å². The molecule has 0 aliphatic carbocycles. The van der Waals surface area contributed by atoms with Gasteiger partial charge in [0.25, 0.3) is 0 Å². The van der Waals surface area contributed by atoms with Gasteiger partial charge < -0.3 is 15.4 Å².